The first-order valence-electron chi connectivity index (χ1n) is 19.6. The predicted octanol–water partition coefficient (Wildman–Crippen LogP) is 14.0. The van der Waals surface area contributed by atoms with Gasteiger partial charge in [0.15, 0.2) is 17.5 Å². The lowest BCUT2D eigenvalue weighted by atomic mass is 9.82. The lowest BCUT2D eigenvalue weighted by Gasteiger charge is -2.21. The Bertz CT molecular complexity index is 3200. The van der Waals surface area contributed by atoms with Crippen molar-refractivity contribution in [3.63, 3.8) is 0 Å². The van der Waals surface area contributed by atoms with Gasteiger partial charge in [0.25, 0.3) is 0 Å². The van der Waals surface area contributed by atoms with Crippen molar-refractivity contribution in [3.8, 4) is 67.5 Å². The van der Waals surface area contributed by atoms with E-state index in [9.17, 15) is 0 Å². The maximum Gasteiger partial charge on any atom is 0.164 e. The van der Waals surface area contributed by atoms with Gasteiger partial charge in [0.2, 0.25) is 0 Å². The fraction of sp³-hybridized carbons (Fsp3) is 0.0556. The molecule has 0 fully saturated rings. The summed E-state index contributed by atoms with van der Waals surface area (Å²) in [5.74, 6) is 1.93. The third kappa shape index (κ3) is 5.38. The van der Waals surface area contributed by atoms with Gasteiger partial charge in [-0.15, -0.1) is 0 Å². The second kappa shape index (κ2) is 12.9. The summed E-state index contributed by atoms with van der Waals surface area (Å²) in [6, 6.07) is 67.3. The van der Waals surface area contributed by atoms with Gasteiger partial charge >= 0.3 is 0 Å². The van der Waals surface area contributed by atoms with Gasteiger partial charge in [-0.05, 0) is 89.0 Å². The highest BCUT2D eigenvalue weighted by Crippen LogP contribution is 2.50. The zero-order chi connectivity index (χ0) is 38.1. The zero-order valence-electron chi connectivity index (χ0n) is 31.7. The van der Waals surface area contributed by atoms with Gasteiger partial charge in [-0.3, -0.25) is 0 Å². The van der Waals surface area contributed by atoms with Crippen LogP contribution in [0, 0.1) is 0 Å². The molecule has 0 saturated carbocycles. The van der Waals surface area contributed by atoms with Crippen molar-refractivity contribution < 1.29 is 0 Å². The van der Waals surface area contributed by atoms with E-state index >= 15 is 0 Å². The van der Waals surface area contributed by atoms with E-state index in [1.54, 1.807) is 0 Å². The molecule has 1 aliphatic carbocycles. The molecule has 57 heavy (non-hydrogen) atoms. The second-order valence-electron chi connectivity index (χ2n) is 15.6. The van der Waals surface area contributed by atoms with Crippen LogP contribution in [-0.4, -0.2) is 15.0 Å². The van der Waals surface area contributed by atoms with Crippen molar-refractivity contribution in [2.45, 2.75) is 19.3 Å². The van der Waals surface area contributed by atoms with Gasteiger partial charge < -0.3 is 0 Å². The summed E-state index contributed by atoms with van der Waals surface area (Å²) in [6.07, 6.45) is 0. The molecule has 268 valence electrons. The third-order valence-electron chi connectivity index (χ3n) is 11.9. The zero-order valence-corrected chi connectivity index (χ0v) is 31.7. The minimum atomic E-state index is -0.0533. The number of rotatable bonds is 5. The topological polar surface area (TPSA) is 38.7 Å². The molecule has 0 aliphatic heterocycles. The molecule has 9 aromatic carbocycles. The van der Waals surface area contributed by atoms with E-state index in [2.05, 4.69) is 184 Å². The smallest absolute Gasteiger partial charge is 0.164 e. The van der Waals surface area contributed by atoms with Crippen LogP contribution in [0.15, 0.2) is 188 Å². The molecule has 0 amide bonds. The average molecular weight is 728 g/mol. The molecule has 0 radical (unpaired) electrons. The van der Waals surface area contributed by atoms with E-state index in [1.165, 1.54) is 60.1 Å². The Hall–Kier alpha value is -7.23. The molecule has 0 spiro atoms. The molecule has 0 unspecified atom stereocenters. The highest BCUT2D eigenvalue weighted by atomic mass is 15.0. The quantitative estimate of drug-likeness (QED) is 0.131. The maximum absolute atomic E-state index is 5.23. The summed E-state index contributed by atoms with van der Waals surface area (Å²) in [4.78, 5) is 15.5. The van der Waals surface area contributed by atoms with Crippen molar-refractivity contribution in [1.29, 1.82) is 0 Å². The lowest BCUT2D eigenvalue weighted by Crippen LogP contribution is -2.14. The molecule has 0 saturated heterocycles. The number of nitrogens with zero attached hydrogens (tertiary/aromatic N) is 3. The summed E-state index contributed by atoms with van der Waals surface area (Å²) >= 11 is 0. The second-order valence-corrected chi connectivity index (χ2v) is 15.6. The largest absolute Gasteiger partial charge is 0.208 e. The summed E-state index contributed by atoms with van der Waals surface area (Å²) in [5, 5.41) is 7.47. The number of hydrogen-bond acceptors (Lipinski definition) is 3. The molecule has 1 heterocycles. The Balaban J connectivity index is 1.05. The van der Waals surface area contributed by atoms with Gasteiger partial charge in [-0.25, -0.2) is 15.0 Å². The van der Waals surface area contributed by atoms with Gasteiger partial charge in [0, 0.05) is 22.1 Å². The molecule has 0 atom stereocenters. The van der Waals surface area contributed by atoms with Crippen molar-refractivity contribution in [1.82, 2.24) is 15.0 Å². The van der Waals surface area contributed by atoms with Crippen molar-refractivity contribution in [3.05, 3.63) is 199 Å². The van der Waals surface area contributed by atoms with Crippen molar-refractivity contribution in [2.24, 2.45) is 0 Å². The Morgan fingerprint density at radius 1 is 0.316 bits per heavy atom. The first-order valence-corrected chi connectivity index (χ1v) is 19.6. The van der Waals surface area contributed by atoms with E-state index in [1.807, 2.05) is 18.2 Å². The Morgan fingerprint density at radius 2 is 0.877 bits per heavy atom. The first kappa shape index (κ1) is 33.1. The van der Waals surface area contributed by atoms with Gasteiger partial charge in [0.05, 0.1) is 0 Å². The van der Waals surface area contributed by atoms with Gasteiger partial charge in [0.1, 0.15) is 0 Å². The molecule has 3 nitrogen and oxygen atoms in total. The van der Waals surface area contributed by atoms with E-state index in [4.69, 9.17) is 15.0 Å². The summed E-state index contributed by atoms with van der Waals surface area (Å²) in [6.45, 7) is 4.64. The standard InChI is InChI=1S/C54H37N3/c1-54(2)48-23-13-12-21-43(48)47-33-39(29-31-49(47)54)41-19-10-11-22-45(41)53-56-51(36-15-4-3-5-16-36)55-52(57-53)37-26-24-35(25-27-37)50-42-20-9-7-17-38(42)32-46-40-18-8-6-14-34(40)28-30-44(46)50/h3-33H,1-2H3. The van der Waals surface area contributed by atoms with Crippen molar-refractivity contribution in [2.75, 3.05) is 0 Å². The highest BCUT2D eigenvalue weighted by Gasteiger charge is 2.35. The fourth-order valence-electron chi connectivity index (χ4n) is 9.08. The molecular weight excluding hydrogens is 691 g/mol. The van der Waals surface area contributed by atoms with Crippen LogP contribution in [0.25, 0.3) is 99.9 Å². The SMILES string of the molecule is CC1(C)c2ccccc2-c2cc(-c3ccccc3-c3nc(-c4ccccc4)nc(-c4ccc(-c5c6ccccc6cc6c5ccc5ccccc56)cc4)n3)ccc21. The van der Waals surface area contributed by atoms with Crippen LogP contribution in [0.3, 0.4) is 0 Å². The number of hydrogen-bond donors (Lipinski definition) is 0. The van der Waals surface area contributed by atoms with Crippen molar-refractivity contribution >= 4 is 32.3 Å². The van der Waals surface area contributed by atoms with Crippen LogP contribution in [-0.2, 0) is 5.41 Å². The van der Waals surface area contributed by atoms with Gasteiger partial charge in [-0.1, -0.05) is 190 Å². The lowest BCUT2D eigenvalue weighted by molar-refractivity contribution is 0.660. The number of benzene rings is 9. The molecule has 11 rings (SSSR count). The minimum Gasteiger partial charge on any atom is -0.208 e. The molecule has 3 heteroatoms. The van der Waals surface area contributed by atoms with E-state index < -0.39 is 0 Å². The highest BCUT2D eigenvalue weighted by molar-refractivity contribution is 6.20. The monoisotopic (exact) mass is 727 g/mol. The minimum absolute atomic E-state index is 0.0533. The van der Waals surface area contributed by atoms with Crippen LogP contribution in [0.2, 0.25) is 0 Å². The number of fused-ring (bicyclic) bond motifs is 7. The van der Waals surface area contributed by atoms with E-state index in [0.29, 0.717) is 17.5 Å². The molecular formula is C54H37N3. The molecule has 0 N–H and O–H groups in total. The molecule has 10 aromatic rings. The third-order valence-corrected chi connectivity index (χ3v) is 11.9. The maximum atomic E-state index is 5.23. The average Bonchev–Trinajstić information content (AvgIpc) is 3.51. The Labute approximate surface area is 332 Å². The molecule has 1 aromatic heterocycles. The predicted molar refractivity (Wildman–Crippen MR) is 237 cm³/mol. The van der Waals surface area contributed by atoms with Crippen LogP contribution in [0.1, 0.15) is 25.0 Å². The van der Waals surface area contributed by atoms with Crippen LogP contribution < -0.4 is 0 Å². The van der Waals surface area contributed by atoms with Crippen LogP contribution >= 0.6 is 0 Å². The Kier molecular flexibility index (Phi) is 7.52. The van der Waals surface area contributed by atoms with E-state index in [0.717, 1.165) is 33.4 Å². The van der Waals surface area contributed by atoms with Crippen LogP contribution in [0.5, 0.6) is 0 Å². The normalized spacial score (nSPS) is 12.9. The molecule has 0 bridgehead atoms. The summed E-state index contributed by atoms with van der Waals surface area (Å²) in [5.41, 5.74) is 12.7. The summed E-state index contributed by atoms with van der Waals surface area (Å²) < 4.78 is 0. The number of aromatic nitrogens is 3. The fourth-order valence-corrected chi connectivity index (χ4v) is 9.08. The Morgan fingerprint density at radius 3 is 1.67 bits per heavy atom. The van der Waals surface area contributed by atoms with Crippen LogP contribution in [0.4, 0.5) is 0 Å². The summed E-state index contributed by atoms with van der Waals surface area (Å²) in [7, 11) is 0. The van der Waals surface area contributed by atoms with E-state index in [-0.39, 0.29) is 5.41 Å². The molecule has 1 aliphatic rings. The first-order chi connectivity index (χ1) is 28.0. The van der Waals surface area contributed by atoms with Gasteiger partial charge in [-0.2, -0.15) is 0 Å².